The second-order valence-corrected chi connectivity index (χ2v) is 18.2. The monoisotopic (exact) mass is 814 g/mol. The number of unbranched alkanes of at least 4 members (excludes halogenated alkanes) is 24. The average molecular weight is 814 g/mol. The molecule has 0 bridgehead atoms. The van der Waals surface area contributed by atoms with Gasteiger partial charge in [0.1, 0.15) is 19.8 Å². The van der Waals surface area contributed by atoms with Gasteiger partial charge in [-0.05, 0) is 64.2 Å². The van der Waals surface area contributed by atoms with Gasteiger partial charge in [-0.2, -0.15) is 0 Å². The fourth-order valence-electron chi connectivity index (χ4n) is 6.29. The first-order valence-corrected chi connectivity index (χ1v) is 24.5. The predicted molar refractivity (Wildman–Crippen MR) is 231 cm³/mol. The summed E-state index contributed by atoms with van der Waals surface area (Å²) in [5.41, 5.74) is 0. The fourth-order valence-corrected chi connectivity index (χ4v) is 7.02. The lowest BCUT2D eigenvalue weighted by Crippen LogP contribution is -2.37. The molecule has 0 saturated heterocycles. The maximum Gasteiger partial charge on any atom is 0.306 e. The summed E-state index contributed by atoms with van der Waals surface area (Å²) < 4.78 is 33.9. The van der Waals surface area contributed by atoms with Crippen LogP contribution in [-0.2, 0) is 32.7 Å². The molecule has 330 valence electrons. The van der Waals surface area contributed by atoms with Gasteiger partial charge in [0.15, 0.2) is 6.10 Å². The number of hydrogen-bond acceptors (Lipinski definition) is 8. The number of ether oxygens (including phenoxy) is 2. The van der Waals surface area contributed by atoms with Crippen molar-refractivity contribution in [1.29, 1.82) is 0 Å². The maximum atomic E-state index is 12.7. The zero-order chi connectivity index (χ0) is 41.4. The van der Waals surface area contributed by atoms with E-state index >= 15 is 0 Å². The fraction of sp³-hybridized carbons (Fsp3) is 0.870. The van der Waals surface area contributed by atoms with Crippen molar-refractivity contribution < 1.29 is 42.1 Å². The lowest BCUT2D eigenvalue weighted by Gasteiger charge is -2.28. The van der Waals surface area contributed by atoms with Gasteiger partial charge < -0.3 is 27.9 Å². The van der Waals surface area contributed by atoms with E-state index in [2.05, 4.69) is 38.2 Å². The molecular formula is C46H88NO8P. The van der Waals surface area contributed by atoms with Crippen LogP contribution >= 0.6 is 7.82 Å². The van der Waals surface area contributed by atoms with E-state index in [-0.39, 0.29) is 26.1 Å². The van der Waals surface area contributed by atoms with Crippen molar-refractivity contribution in [3.05, 3.63) is 24.3 Å². The Labute approximate surface area is 345 Å². The highest BCUT2D eigenvalue weighted by Crippen LogP contribution is 2.38. The van der Waals surface area contributed by atoms with Gasteiger partial charge in [0.2, 0.25) is 0 Å². The zero-order valence-corrected chi connectivity index (χ0v) is 38.0. The molecular weight excluding hydrogens is 725 g/mol. The first kappa shape index (κ1) is 54.5. The quantitative estimate of drug-likeness (QED) is 0.0197. The Morgan fingerprint density at radius 2 is 0.911 bits per heavy atom. The number of esters is 2. The number of phosphoric acid groups is 1. The normalized spacial score (nSPS) is 13.8. The number of quaternary nitrogens is 1. The molecule has 1 unspecified atom stereocenters. The Morgan fingerprint density at radius 3 is 1.34 bits per heavy atom. The zero-order valence-electron chi connectivity index (χ0n) is 37.1. The summed E-state index contributed by atoms with van der Waals surface area (Å²) >= 11 is 0. The van der Waals surface area contributed by atoms with Crippen molar-refractivity contribution in [2.45, 2.75) is 213 Å². The molecule has 0 aromatic rings. The highest BCUT2D eigenvalue weighted by atomic mass is 31.2. The van der Waals surface area contributed by atoms with Crippen molar-refractivity contribution >= 4 is 19.8 Å². The minimum absolute atomic E-state index is 0.0326. The van der Waals surface area contributed by atoms with Gasteiger partial charge >= 0.3 is 11.9 Å². The summed E-state index contributed by atoms with van der Waals surface area (Å²) in [5.74, 6) is -0.852. The van der Waals surface area contributed by atoms with E-state index in [9.17, 15) is 19.0 Å². The molecule has 0 N–H and O–H groups in total. The predicted octanol–water partition coefficient (Wildman–Crippen LogP) is 12.5. The van der Waals surface area contributed by atoms with Gasteiger partial charge in [0.05, 0.1) is 27.7 Å². The lowest BCUT2D eigenvalue weighted by atomic mass is 10.1. The molecule has 0 rings (SSSR count). The number of rotatable bonds is 42. The molecule has 0 fully saturated rings. The first-order valence-electron chi connectivity index (χ1n) is 23.0. The Balaban J connectivity index is 4.35. The van der Waals surface area contributed by atoms with Crippen LogP contribution in [0.15, 0.2) is 24.3 Å². The van der Waals surface area contributed by atoms with Gasteiger partial charge in [-0.15, -0.1) is 0 Å². The summed E-state index contributed by atoms with van der Waals surface area (Å²) in [6.45, 7) is 4.21. The molecule has 9 nitrogen and oxygen atoms in total. The summed E-state index contributed by atoms with van der Waals surface area (Å²) in [4.78, 5) is 37.5. The smallest absolute Gasteiger partial charge is 0.306 e. The summed E-state index contributed by atoms with van der Waals surface area (Å²) in [5, 5.41) is 0. The Morgan fingerprint density at radius 1 is 0.536 bits per heavy atom. The van der Waals surface area contributed by atoms with E-state index in [1.165, 1.54) is 116 Å². The van der Waals surface area contributed by atoms with Crippen molar-refractivity contribution in [2.24, 2.45) is 0 Å². The van der Waals surface area contributed by atoms with Gasteiger partial charge in [0, 0.05) is 12.8 Å². The molecule has 0 aromatic heterocycles. The summed E-state index contributed by atoms with van der Waals surface area (Å²) in [7, 11) is 1.16. The van der Waals surface area contributed by atoms with Crippen LogP contribution in [0.1, 0.15) is 206 Å². The van der Waals surface area contributed by atoms with Gasteiger partial charge in [-0.25, -0.2) is 0 Å². The van der Waals surface area contributed by atoms with Crippen molar-refractivity contribution in [2.75, 3.05) is 47.5 Å². The molecule has 10 heteroatoms. The van der Waals surface area contributed by atoms with Crippen molar-refractivity contribution in [3.8, 4) is 0 Å². The Kier molecular flexibility index (Phi) is 37.9. The largest absolute Gasteiger partial charge is 0.756 e. The van der Waals surface area contributed by atoms with Crippen LogP contribution < -0.4 is 4.89 Å². The maximum absolute atomic E-state index is 12.7. The molecule has 0 amide bonds. The topological polar surface area (TPSA) is 111 Å². The molecule has 0 aliphatic carbocycles. The Bertz CT molecular complexity index is 1010. The number of carbonyl (C=O) groups excluding carboxylic acids is 2. The molecule has 0 spiro atoms. The number of allylic oxidation sites excluding steroid dienone is 4. The summed E-state index contributed by atoms with van der Waals surface area (Å²) in [6.07, 6.45) is 42.0. The second-order valence-electron chi connectivity index (χ2n) is 16.8. The molecule has 0 heterocycles. The van der Waals surface area contributed by atoms with Crippen LogP contribution in [0.4, 0.5) is 0 Å². The number of nitrogens with zero attached hydrogens (tertiary/aromatic N) is 1. The van der Waals surface area contributed by atoms with Crippen LogP contribution in [0.25, 0.3) is 0 Å². The Hall–Kier alpha value is -1.51. The number of hydrogen-bond donors (Lipinski definition) is 0. The van der Waals surface area contributed by atoms with Gasteiger partial charge in [0.25, 0.3) is 7.82 Å². The number of likely N-dealkylation sites (N-methyl/N-ethyl adjacent to an activating group) is 1. The number of carbonyl (C=O) groups is 2. The van der Waals surface area contributed by atoms with Crippen LogP contribution in [0.5, 0.6) is 0 Å². The van der Waals surface area contributed by atoms with Crippen molar-refractivity contribution in [1.82, 2.24) is 0 Å². The van der Waals surface area contributed by atoms with E-state index in [4.69, 9.17) is 18.5 Å². The van der Waals surface area contributed by atoms with Crippen LogP contribution in [0, 0.1) is 0 Å². The van der Waals surface area contributed by atoms with E-state index in [1.807, 2.05) is 21.1 Å². The minimum Gasteiger partial charge on any atom is -0.756 e. The minimum atomic E-state index is -4.63. The van der Waals surface area contributed by atoms with E-state index in [0.29, 0.717) is 23.9 Å². The summed E-state index contributed by atoms with van der Waals surface area (Å²) in [6, 6.07) is 0. The van der Waals surface area contributed by atoms with Crippen LogP contribution in [0.3, 0.4) is 0 Å². The third-order valence-corrected chi connectivity index (χ3v) is 10.9. The van der Waals surface area contributed by atoms with Crippen LogP contribution in [-0.4, -0.2) is 70.0 Å². The van der Waals surface area contributed by atoms with Crippen LogP contribution in [0.2, 0.25) is 0 Å². The van der Waals surface area contributed by atoms with E-state index in [0.717, 1.165) is 51.4 Å². The molecule has 0 saturated carbocycles. The molecule has 0 aliphatic rings. The third kappa shape index (κ3) is 42.1. The molecule has 0 aromatic carbocycles. The van der Waals surface area contributed by atoms with Crippen molar-refractivity contribution in [3.63, 3.8) is 0 Å². The first-order chi connectivity index (χ1) is 27.0. The van der Waals surface area contributed by atoms with E-state index in [1.54, 1.807) is 0 Å². The molecule has 0 radical (unpaired) electrons. The van der Waals surface area contributed by atoms with Gasteiger partial charge in [-0.3, -0.25) is 14.2 Å². The standard InChI is InChI=1S/C46H88NO8P/c1-6-8-10-12-14-16-18-20-22-23-25-27-29-31-33-35-37-39-46(49)55-44(43-54-56(50,51)53-41-40-47(3,4)5)42-52-45(48)38-36-34-32-30-28-26-24-21-19-17-15-13-11-9-7-2/h20,22,26,28,44H,6-19,21,23-25,27,29-43H2,1-5H3/b22-20+,28-26+/t44-/m1/s1. The molecule has 0 aliphatic heterocycles. The second kappa shape index (κ2) is 39.0. The average Bonchev–Trinajstić information content (AvgIpc) is 3.15. The van der Waals surface area contributed by atoms with Gasteiger partial charge in [-0.1, -0.05) is 154 Å². The molecule has 56 heavy (non-hydrogen) atoms. The highest BCUT2D eigenvalue weighted by molar-refractivity contribution is 7.45. The number of phosphoric ester groups is 1. The van der Waals surface area contributed by atoms with E-state index < -0.39 is 32.5 Å². The highest BCUT2D eigenvalue weighted by Gasteiger charge is 2.21. The lowest BCUT2D eigenvalue weighted by molar-refractivity contribution is -0.870. The third-order valence-electron chi connectivity index (χ3n) is 9.94. The molecule has 2 atom stereocenters. The SMILES string of the molecule is CCCCCCCC/C=C/CCCCCCCCCC(=O)O[C@H](COC(=O)CCCCC/C=C/CCCCCCCCCC)COP(=O)([O-])OCC[N+](C)(C)C.